The lowest BCUT2D eigenvalue weighted by atomic mass is 10.00. The molecule has 20 heavy (non-hydrogen) atoms. The van der Waals surface area contributed by atoms with Crippen molar-refractivity contribution in [1.82, 2.24) is 0 Å². The summed E-state index contributed by atoms with van der Waals surface area (Å²) in [6.45, 7) is 0. The maximum absolute atomic E-state index is 12.9. The fraction of sp³-hybridized carbons (Fsp3) is 1.00. The zero-order valence-electron chi connectivity index (χ0n) is 12.6. The Morgan fingerprint density at radius 3 is 1.80 bits per heavy atom. The molecule has 0 saturated heterocycles. The van der Waals surface area contributed by atoms with E-state index in [0.717, 1.165) is 25.7 Å². The summed E-state index contributed by atoms with van der Waals surface area (Å²) in [5.41, 5.74) is 1.23. The third-order valence-corrected chi connectivity index (χ3v) is 8.39. The summed E-state index contributed by atoms with van der Waals surface area (Å²) in [6, 6.07) is 0. The zero-order valence-corrected chi connectivity index (χ0v) is 14.4. The first kappa shape index (κ1) is 16.6. The molecule has 2 aliphatic rings. The van der Waals surface area contributed by atoms with Gasteiger partial charge in [-0.05, 0) is 57.8 Å². The maximum Gasteiger partial charge on any atom is 0.344 e. The van der Waals surface area contributed by atoms with E-state index in [1.54, 1.807) is 0 Å². The number of hydrogen-bond donors (Lipinski definition) is 0. The first-order valence-electron chi connectivity index (χ1n) is 8.59. The van der Waals surface area contributed by atoms with Gasteiger partial charge in [-0.25, -0.2) is 0 Å². The van der Waals surface area contributed by atoms with Crippen LogP contribution in [0.3, 0.4) is 0 Å². The first-order valence-corrected chi connectivity index (χ1v) is 10.9. The Bertz CT molecular complexity index is 312. The molecule has 0 amide bonds. The molecule has 0 aliphatic heterocycles. The van der Waals surface area contributed by atoms with Crippen LogP contribution in [0.25, 0.3) is 0 Å². The third kappa shape index (κ3) is 5.19. The van der Waals surface area contributed by atoms with Crippen molar-refractivity contribution in [3.05, 3.63) is 0 Å². The second kappa shape index (κ2) is 9.26. The summed E-state index contributed by atoms with van der Waals surface area (Å²) < 4.78 is 24.1. The monoisotopic (exact) mass is 315 g/mol. The van der Waals surface area contributed by atoms with Crippen molar-refractivity contribution >= 4 is 16.3 Å². The van der Waals surface area contributed by atoms with Crippen molar-refractivity contribution < 1.29 is 9.13 Å². The van der Waals surface area contributed by atoms with Gasteiger partial charge in [0.2, 0.25) is 0 Å². The van der Waals surface area contributed by atoms with E-state index in [2.05, 4.69) is 0 Å². The van der Waals surface area contributed by atoms with E-state index < -0.39 is 7.80 Å². The van der Waals surface area contributed by atoms with E-state index in [-0.39, 0.29) is 0 Å². The standard InChI is InChI=1S/C16H29O2P2/c17-19-14-8-6-7-11-16(13-12-14)20(18)15-9-4-2-1-3-5-10-15/h14-16H,1-13H2/q+1. The molecule has 2 saturated carbocycles. The van der Waals surface area contributed by atoms with Crippen molar-refractivity contribution in [1.29, 1.82) is 0 Å². The summed E-state index contributed by atoms with van der Waals surface area (Å²) >= 11 is 0. The predicted molar refractivity (Wildman–Crippen MR) is 86.6 cm³/mol. The highest BCUT2D eigenvalue weighted by atomic mass is 31.1. The topological polar surface area (TPSA) is 34.1 Å². The van der Waals surface area contributed by atoms with Crippen LogP contribution < -0.4 is 0 Å². The van der Waals surface area contributed by atoms with Gasteiger partial charge < -0.3 is 0 Å². The molecule has 0 N–H and O–H groups in total. The van der Waals surface area contributed by atoms with Crippen molar-refractivity contribution in [2.45, 2.75) is 100 Å². The Morgan fingerprint density at radius 1 is 0.650 bits per heavy atom. The van der Waals surface area contributed by atoms with Crippen LogP contribution in [0.2, 0.25) is 0 Å². The molecule has 0 aromatic carbocycles. The van der Waals surface area contributed by atoms with Crippen molar-refractivity contribution in [2.24, 2.45) is 0 Å². The van der Waals surface area contributed by atoms with E-state index in [1.165, 1.54) is 57.8 Å². The minimum absolute atomic E-state index is 0.311. The fourth-order valence-corrected chi connectivity index (χ4v) is 6.63. The molecule has 2 rings (SSSR count). The van der Waals surface area contributed by atoms with Gasteiger partial charge in [0.1, 0.15) is 0 Å². The molecule has 114 valence electrons. The van der Waals surface area contributed by atoms with Crippen molar-refractivity contribution in [3.8, 4) is 0 Å². The minimum atomic E-state index is -1.05. The average molecular weight is 315 g/mol. The van der Waals surface area contributed by atoms with Gasteiger partial charge in [-0.2, -0.15) is 0 Å². The van der Waals surface area contributed by atoms with Crippen LogP contribution in [-0.4, -0.2) is 17.0 Å². The number of rotatable bonds is 3. The molecule has 0 heterocycles. The molecule has 4 heteroatoms. The Balaban J connectivity index is 1.89. The van der Waals surface area contributed by atoms with Gasteiger partial charge in [0, 0.05) is 5.66 Å². The molecule has 0 bridgehead atoms. The summed E-state index contributed by atoms with van der Waals surface area (Å²) in [4.78, 5) is 0. The highest BCUT2D eigenvalue weighted by Gasteiger charge is 2.38. The van der Waals surface area contributed by atoms with E-state index >= 15 is 0 Å². The van der Waals surface area contributed by atoms with Gasteiger partial charge in [0.05, 0.1) is 0 Å². The normalized spacial score (nSPS) is 31.9. The lowest BCUT2D eigenvalue weighted by Gasteiger charge is -2.19. The lowest BCUT2D eigenvalue weighted by Crippen LogP contribution is -2.16. The third-order valence-electron chi connectivity index (χ3n) is 5.10. The van der Waals surface area contributed by atoms with Crippen LogP contribution in [-0.2, 0) is 9.13 Å². The molecule has 2 fully saturated rings. The van der Waals surface area contributed by atoms with Crippen molar-refractivity contribution in [3.63, 3.8) is 0 Å². The molecule has 3 unspecified atom stereocenters. The van der Waals surface area contributed by atoms with Crippen LogP contribution in [0, 0.1) is 0 Å². The van der Waals surface area contributed by atoms with Crippen LogP contribution in [0.1, 0.15) is 83.5 Å². The lowest BCUT2D eigenvalue weighted by molar-refractivity contribution is 0.466. The highest BCUT2D eigenvalue weighted by molar-refractivity contribution is 7.46. The summed E-state index contributed by atoms with van der Waals surface area (Å²) in [6.07, 6.45) is 15.6. The second-order valence-corrected chi connectivity index (χ2v) is 9.76. The Morgan fingerprint density at radius 2 is 1.15 bits per heavy atom. The molecular weight excluding hydrogens is 286 g/mol. The first-order chi connectivity index (χ1) is 9.81. The maximum atomic E-state index is 12.9. The van der Waals surface area contributed by atoms with Gasteiger partial charge in [0.15, 0.2) is 19.8 Å². The van der Waals surface area contributed by atoms with Crippen LogP contribution >= 0.6 is 16.3 Å². The minimum Gasteiger partial charge on any atom is -0.275 e. The van der Waals surface area contributed by atoms with Gasteiger partial charge in [-0.1, -0.05) is 30.2 Å². The molecule has 2 aliphatic carbocycles. The van der Waals surface area contributed by atoms with Crippen LogP contribution in [0.4, 0.5) is 0 Å². The van der Waals surface area contributed by atoms with E-state index in [9.17, 15) is 9.13 Å². The van der Waals surface area contributed by atoms with E-state index in [0.29, 0.717) is 25.4 Å². The molecule has 3 atom stereocenters. The number of hydrogen-bond acceptors (Lipinski definition) is 2. The van der Waals surface area contributed by atoms with E-state index in [4.69, 9.17) is 0 Å². The summed E-state index contributed by atoms with van der Waals surface area (Å²) in [5, 5.41) is 0. The summed E-state index contributed by atoms with van der Waals surface area (Å²) in [7, 11) is -0.743. The van der Waals surface area contributed by atoms with Gasteiger partial charge in [-0.3, -0.25) is 4.57 Å². The van der Waals surface area contributed by atoms with Gasteiger partial charge in [-0.15, -0.1) is 0 Å². The molecule has 0 spiro atoms. The van der Waals surface area contributed by atoms with Gasteiger partial charge in [0.25, 0.3) is 0 Å². The fourth-order valence-electron chi connectivity index (χ4n) is 3.78. The van der Waals surface area contributed by atoms with E-state index in [1.807, 2.05) is 0 Å². The van der Waals surface area contributed by atoms with Crippen LogP contribution in [0.15, 0.2) is 0 Å². The molecule has 2 nitrogen and oxygen atoms in total. The average Bonchev–Trinajstić information content (AvgIpc) is 2.38. The van der Waals surface area contributed by atoms with Gasteiger partial charge >= 0.3 is 7.80 Å². The largest absolute Gasteiger partial charge is 0.344 e. The van der Waals surface area contributed by atoms with Crippen molar-refractivity contribution in [2.75, 3.05) is 0 Å². The molecule has 0 aromatic rings. The zero-order chi connectivity index (χ0) is 14.2. The smallest absolute Gasteiger partial charge is 0.275 e. The SMILES string of the molecule is O=PC1CCCCC([P+](=O)C2CCCCCCC2)CC1. The summed E-state index contributed by atoms with van der Waals surface area (Å²) in [5.74, 6) is 0. The Hall–Kier alpha value is 0.200. The Labute approximate surface area is 126 Å². The second-order valence-electron chi connectivity index (χ2n) is 6.63. The molecule has 0 radical (unpaired) electrons. The Kier molecular flexibility index (Phi) is 7.68. The molecular formula is C16H29O2P2+. The predicted octanol–water partition coefficient (Wildman–Crippen LogP) is 6.31. The quantitative estimate of drug-likeness (QED) is 0.572. The molecule has 0 aromatic heterocycles. The highest BCUT2D eigenvalue weighted by Crippen LogP contribution is 2.46. The van der Waals surface area contributed by atoms with Crippen LogP contribution in [0.5, 0.6) is 0 Å².